The smallest absolute Gasteiger partial charge is 0.425 e. The van der Waals surface area contributed by atoms with Gasteiger partial charge in [-0.25, -0.2) is 14.0 Å². The molecule has 0 aromatic heterocycles. The minimum absolute atomic E-state index is 0.0227. The highest BCUT2D eigenvalue weighted by Crippen LogP contribution is 2.48. The molecule has 0 saturated heterocycles. The Morgan fingerprint density at radius 3 is 2.26 bits per heavy atom. The van der Waals surface area contributed by atoms with Crippen LogP contribution in [0.3, 0.4) is 0 Å². The molecule has 0 radical (unpaired) electrons. The van der Waals surface area contributed by atoms with Crippen molar-refractivity contribution in [3.8, 4) is 0 Å². The van der Waals surface area contributed by atoms with Crippen LogP contribution in [0, 0.1) is 5.82 Å². The van der Waals surface area contributed by atoms with Gasteiger partial charge >= 0.3 is 18.1 Å². The number of halogens is 4. The molecule has 27 heavy (non-hydrogen) atoms. The van der Waals surface area contributed by atoms with Crippen LogP contribution < -0.4 is 4.90 Å². The van der Waals surface area contributed by atoms with Gasteiger partial charge in [0.1, 0.15) is 15.8 Å². The third-order valence-electron chi connectivity index (χ3n) is 3.50. The van der Waals surface area contributed by atoms with Gasteiger partial charge in [-0.1, -0.05) is 11.8 Å². The van der Waals surface area contributed by atoms with Crippen LogP contribution in [0.4, 0.5) is 23.2 Å². The van der Waals surface area contributed by atoms with Gasteiger partial charge in [0.25, 0.3) is 0 Å². The largest absolute Gasteiger partial charge is 0.465 e. The first-order valence-corrected chi connectivity index (χ1v) is 8.44. The zero-order valence-electron chi connectivity index (χ0n) is 14.5. The van der Waals surface area contributed by atoms with Gasteiger partial charge in [0, 0.05) is 11.4 Å². The van der Waals surface area contributed by atoms with Gasteiger partial charge in [0.05, 0.1) is 13.7 Å². The standard InChI is InChI=1S/C17H15F4NO4S/c1-4-26-16(24)13-9(2)22(11-7-5-10(18)6-8-11)14(27-13)12(15(23)25-3)17(19,20)21/h5-8H,4H2,1-3H3. The van der Waals surface area contributed by atoms with E-state index >= 15 is 0 Å². The number of anilines is 1. The molecule has 0 fully saturated rings. The lowest BCUT2D eigenvalue weighted by Crippen LogP contribution is -2.28. The number of benzene rings is 1. The predicted octanol–water partition coefficient (Wildman–Crippen LogP) is 4.12. The van der Waals surface area contributed by atoms with E-state index in [4.69, 9.17) is 4.74 Å². The van der Waals surface area contributed by atoms with Crippen LogP contribution in [0.25, 0.3) is 0 Å². The Morgan fingerprint density at radius 2 is 1.78 bits per heavy atom. The Kier molecular flexibility index (Phi) is 6.19. The third kappa shape index (κ3) is 4.26. The van der Waals surface area contributed by atoms with Crippen molar-refractivity contribution in [2.24, 2.45) is 0 Å². The molecule has 0 spiro atoms. The second kappa shape index (κ2) is 8.03. The summed E-state index contributed by atoms with van der Waals surface area (Å²) >= 11 is 0.449. The molecule has 1 aliphatic heterocycles. The number of esters is 2. The number of methoxy groups -OCH3 is 1. The molecule has 0 atom stereocenters. The molecular weight excluding hydrogens is 390 g/mol. The van der Waals surface area contributed by atoms with Gasteiger partial charge in [-0.15, -0.1) is 0 Å². The van der Waals surface area contributed by atoms with Gasteiger partial charge in [0.2, 0.25) is 0 Å². The summed E-state index contributed by atoms with van der Waals surface area (Å²) in [5.74, 6) is -3.02. The Balaban J connectivity index is 2.71. The number of allylic oxidation sites excluding steroid dienone is 1. The second-order valence-corrected chi connectivity index (χ2v) is 6.22. The first-order valence-electron chi connectivity index (χ1n) is 7.63. The average molecular weight is 405 g/mol. The lowest BCUT2D eigenvalue weighted by molar-refractivity contribution is -0.148. The minimum Gasteiger partial charge on any atom is -0.465 e. The Hall–Kier alpha value is -2.49. The molecule has 146 valence electrons. The van der Waals surface area contributed by atoms with E-state index in [2.05, 4.69) is 4.74 Å². The molecule has 1 heterocycles. The SMILES string of the molecule is CCOC(=O)C1=C(C)N(c2ccc(F)cc2)C(=C(C(=O)OC)C(F)(F)F)S1. The van der Waals surface area contributed by atoms with Crippen LogP contribution in [-0.4, -0.2) is 31.8 Å². The number of hydrogen-bond acceptors (Lipinski definition) is 6. The molecule has 2 rings (SSSR count). The first-order chi connectivity index (χ1) is 12.6. The number of ether oxygens (including phenoxy) is 2. The number of carbonyl (C=O) groups excluding carboxylic acids is 2. The summed E-state index contributed by atoms with van der Waals surface area (Å²) in [6, 6.07) is 4.58. The number of nitrogens with zero attached hydrogens (tertiary/aromatic N) is 1. The summed E-state index contributed by atoms with van der Waals surface area (Å²) < 4.78 is 63.1. The van der Waals surface area contributed by atoms with E-state index in [1.165, 1.54) is 19.1 Å². The number of rotatable bonds is 4. The van der Waals surface area contributed by atoms with Crippen molar-refractivity contribution < 1.29 is 36.6 Å². The molecule has 5 nitrogen and oxygen atoms in total. The average Bonchev–Trinajstić information content (AvgIpc) is 2.91. The van der Waals surface area contributed by atoms with Gasteiger partial charge < -0.3 is 14.4 Å². The third-order valence-corrected chi connectivity index (χ3v) is 4.74. The molecule has 1 aliphatic rings. The van der Waals surface area contributed by atoms with Gasteiger partial charge in [-0.05, 0) is 38.1 Å². The van der Waals surface area contributed by atoms with Gasteiger partial charge in [-0.2, -0.15) is 13.2 Å². The minimum atomic E-state index is -5.04. The summed E-state index contributed by atoms with van der Waals surface area (Å²) in [6.45, 7) is 2.98. The Morgan fingerprint density at radius 1 is 1.19 bits per heavy atom. The monoisotopic (exact) mass is 405 g/mol. The maximum atomic E-state index is 13.6. The Labute approximate surface area is 156 Å². The molecule has 0 saturated carbocycles. The van der Waals surface area contributed by atoms with E-state index in [0.29, 0.717) is 11.8 Å². The molecule has 0 N–H and O–H groups in total. The van der Waals surface area contributed by atoms with E-state index in [1.807, 2.05) is 0 Å². The van der Waals surface area contributed by atoms with E-state index in [-0.39, 0.29) is 22.9 Å². The molecule has 10 heteroatoms. The quantitative estimate of drug-likeness (QED) is 0.427. The van der Waals surface area contributed by atoms with Crippen LogP contribution in [0.2, 0.25) is 0 Å². The topological polar surface area (TPSA) is 55.8 Å². The summed E-state index contributed by atoms with van der Waals surface area (Å²) in [6.07, 6.45) is -5.04. The predicted molar refractivity (Wildman–Crippen MR) is 90.9 cm³/mol. The molecule has 0 aliphatic carbocycles. The molecule has 0 unspecified atom stereocenters. The fraction of sp³-hybridized carbons (Fsp3) is 0.294. The summed E-state index contributed by atoms with van der Waals surface area (Å²) in [7, 11) is 0.822. The number of carbonyl (C=O) groups is 2. The van der Waals surface area contributed by atoms with Gasteiger partial charge in [0.15, 0.2) is 5.57 Å². The van der Waals surface area contributed by atoms with Gasteiger partial charge in [-0.3, -0.25) is 0 Å². The van der Waals surface area contributed by atoms with Crippen molar-refractivity contribution in [3.63, 3.8) is 0 Å². The van der Waals surface area contributed by atoms with E-state index in [0.717, 1.165) is 24.1 Å². The number of alkyl halides is 3. The van der Waals surface area contributed by atoms with Crippen LogP contribution >= 0.6 is 11.8 Å². The zero-order valence-corrected chi connectivity index (χ0v) is 15.3. The van der Waals surface area contributed by atoms with Crippen molar-refractivity contribution in [3.05, 3.63) is 51.3 Å². The van der Waals surface area contributed by atoms with Crippen molar-refractivity contribution >= 4 is 29.4 Å². The number of thioether (sulfide) groups is 1. The first kappa shape index (κ1) is 20.8. The lowest BCUT2D eigenvalue weighted by Gasteiger charge is -2.24. The number of hydrogen-bond donors (Lipinski definition) is 0. The van der Waals surface area contributed by atoms with Crippen molar-refractivity contribution in [2.75, 3.05) is 18.6 Å². The normalized spacial score (nSPS) is 16.5. The summed E-state index contributed by atoms with van der Waals surface area (Å²) in [5.41, 5.74) is -1.31. The lowest BCUT2D eigenvalue weighted by atomic mass is 10.2. The van der Waals surface area contributed by atoms with Crippen LogP contribution in [0.1, 0.15) is 13.8 Å². The molecular formula is C17H15F4NO4S. The summed E-state index contributed by atoms with van der Waals surface area (Å²) in [5, 5.41) is -0.568. The highest BCUT2D eigenvalue weighted by molar-refractivity contribution is 8.08. The summed E-state index contributed by atoms with van der Waals surface area (Å²) in [4.78, 5) is 24.9. The second-order valence-electron chi connectivity index (χ2n) is 5.22. The maximum absolute atomic E-state index is 13.6. The maximum Gasteiger partial charge on any atom is 0.425 e. The molecule has 0 bridgehead atoms. The fourth-order valence-corrected chi connectivity index (χ4v) is 3.56. The van der Waals surface area contributed by atoms with Crippen LogP contribution in [0.15, 0.2) is 45.5 Å². The van der Waals surface area contributed by atoms with E-state index in [1.54, 1.807) is 6.92 Å². The van der Waals surface area contributed by atoms with Crippen molar-refractivity contribution in [1.82, 2.24) is 0 Å². The molecule has 1 aromatic carbocycles. The molecule has 0 amide bonds. The highest BCUT2D eigenvalue weighted by Gasteiger charge is 2.47. The van der Waals surface area contributed by atoms with Crippen LogP contribution in [-0.2, 0) is 19.1 Å². The molecule has 1 aromatic rings. The fourth-order valence-electron chi connectivity index (χ4n) is 2.35. The van der Waals surface area contributed by atoms with E-state index < -0.39 is 34.5 Å². The van der Waals surface area contributed by atoms with Crippen LogP contribution in [0.5, 0.6) is 0 Å². The Bertz CT molecular complexity index is 815. The van der Waals surface area contributed by atoms with E-state index in [9.17, 15) is 27.2 Å². The van der Waals surface area contributed by atoms with Crippen molar-refractivity contribution in [2.45, 2.75) is 20.0 Å². The highest BCUT2D eigenvalue weighted by atomic mass is 32.2. The zero-order chi connectivity index (χ0) is 20.4. The van der Waals surface area contributed by atoms with Crippen molar-refractivity contribution in [1.29, 1.82) is 0 Å².